The Balaban J connectivity index is 1.43. The van der Waals surface area contributed by atoms with E-state index in [2.05, 4.69) is 11.9 Å². The number of amides is 3. The molecule has 1 aliphatic heterocycles. The summed E-state index contributed by atoms with van der Waals surface area (Å²) in [6.45, 7) is 6.28. The lowest BCUT2D eigenvalue weighted by Crippen LogP contribution is -2.50. The predicted molar refractivity (Wildman–Crippen MR) is 118 cm³/mol. The second-order valence-corrected chi connectivity index (χ2v) is 7.51. The molecule has 1 heterocycles. The topological polar surface area (TPSA) is 69.7 Å². The molecule has 1 saturated heterocycles. The summed E-state index contributed by atoms with van der Waals surface area (Å²) in [7, 11) is 0. The van der Waals surface area contributed by atoms with Gasteiger partial charge in [-0.25, -0.2) is 0 Å². The first-order chi connectivity index (χ1) is 14.6. The number of piperazine rings is 1. The minimum Gasteiger partial charge on any atom is -0.353 e. The standard InChI is InChI=1S/C24H29N3O3/c1-2-22(28)25-14-7-3-4-13-23(29)26-15-17-27(18-16-26)24(30)21-12-8-10-19-9-5-6-11-20(19)21/h2,5-6,8-12H,1,3-4,7,13-18H2,(H,25,28). The average Bonchev–Trinajstić information content (AvgIpc) is 2.80. The highest BCUT2D eigenvalue weighted by Crippen LogP contribution is 2.21. The fourth-order valence-electron chi connectivity index (χ4n) is 3.76. The molecule has 6 nitrogen and oxygen atoms in total. The Bertz CT molecular complexity index is 912. The van der Waals surface area contributed by atoms with Crippen molar-refractivity contribution in [1.29, 1.82) is 0 Å². The predicted octanol–water partition coefficient (Wildman–Crippen LogP) is 2.99. The number of hydrogen-bond acceptors (Lipinski definition) is 3. The fourth-order valence-corrected chi connectivity index (χ4v) is 3.76. The lowest BCUT2D eigenvalue weighted by Gasteiger charge is -2.35. The number of unbranched alkanes of at least 4 members (excludes halogenated alkanes) is 2. The molecule has 1 N–H and O–H groups in total. The minimum atomic E-state index is -0.165. The normalized spacial score (nSPS) is 13.9. The van der Waals surface area contributed by atoms with Crippen LogP contribution in [-0.4, -0.2) is 60.2 Å². The number of hydrogen-bond donors (Lipinski definition) is 1. The Morgan fingerprint density at radius 1 is 0.900 bits per heavy atom. The number of benzene rings is 2. The summed E-state index contributed by atoms with van der Waals surface area (Å²) in [5.74, 6) is 0.00449. The van der Waals surface area contributed by atoms with E-state index in [4.69, 9.17) is 0 Å². The maximum Gasteiger partial charge on any atom is 0.254 e. The quantitative estimate of drug-likeness (QED) is 0.540. The highest BCUT2D eigenvalue weighted by atomic mass is 16.2. The Hall–Kier alpha value is -3.15. The first kappa shape index (κ1) is 21.6. The van der Waals surface area contributed by atoms with Crippen molar-refractivity contribution >= 4 is 28.5 Å². The van der Waals surface area contributed by atoms with E-state index in [9.17, 15) is 14.4 Å². The van der Waals surface area contributed by atoms with Crippen molar-refractivity contribution in [3.05, 3.63) is 60.7 Å². The minimum absolute atomic E-state index is 0.0282. The molecule has 3 rings (SSSR count). The van der Waals surface area contributed by atoms with E-state index < -0.39 is 0 Å². The largest absolute Gasteiger partial charge is 0.353 e. The number of nitrogens with one attached hydrogen (secondary N) is 1. The van der Waals surface area contributed by atoms with Crippen LogP contribution >= 0.6 is 0 Å². The van der Waals surface area contributed by atoms with Gasteiger partial charge in [-0.3, -0.25) is 14.4 Å². The molecule has 1 fully saturated rings. The first-order valence-electron chi connectivity index (χ1n) is 10.5. The maximum atomic E-state index is 13.0. The van der Waals surface area contributed by atoms with Crippen LogP contribution in [-0.2, 0) is 9.59 Å². The summed E-state index contributed by atoms with van der Waals surface area (Å²) in [4.78, 5) is 40.2. The maximum absolute atomic E-state index is 13.0. The van der Waals surface area contributed by atoms with Gasteiger partial charge in [0.15, 0.2) is 0 Å². The molecule has 1 aliphatic rings. The summed E-state index contributed by atoms with van der Waals surface area (Å²) in [5.41, 5.74) is 0.719. The van der Waals surface area contributed by atoms with Crippen LogP contribution in [0.3, 0.4) is 0 Å². The van der Waals surface area contributed by atoms with Crippen molar-refractivity contribution in [1.82, 2.24) is 15.1 Å². The third-order valence-electron chi connectivity index (χ3n) is 5.49. The molecule has 0 saturated carbocycles. The van der Waals surface area contributed by atoms with Crippen LogP contribution in [0.25, 0.3) is 10.8 Å². The molecule has 0 atom stereocenters. The van der Waals surface area contributed by atoms with Gasteiger partial charge < -0.3 is 15.1 Å². The zero-order valence-corrected chi connectivity index (χ0v) is 17.3. The van der Waals surface area contributed by atoms with Crippen LogP contribution < -0.4 is 5.32 Å². The second kappa shape index (κ2) is 10.6. The van der Waals surface area contributed by atoms with E-state index in [0.717, 1.165) is 35.6 Å². The van der Waals surface area contributed by atoms with Crippen molar-refractivity contribution in [2.45, 2.75) is 25.7 Å². The molecule has 0 aliphatic carbocycles. The SMILES string of the molecule is C=CC(=O)NCCCCCC(=O)N1CCN(C(=O)c2cccc3ccccc23)CC1. The molecule has 0 spiro atoms. The second-order valence-electron chi connectivity index (χ2n) is 7.51. The fraction of sp³-hybridized carbons (Fsp3) is 0.375. The van der Waals surface area contributed by atoms with Gasteiger partial charge in [0.05, 0.1) is 0 Å². The van der Waals surface area contributed by atoms with E-state index in [0.29, 0.717) is 39.1 Å². The van der Waals surface area contributed by atoms with Gasteiger partial charge in [-0.2, -0.15) is 0 Å². The van der Waals surface area contributed by atoms with E-state index in [1.165, 1.54) is 6.08 Å². The first-order valence-corrected chi connectivity index (χ1v) is 10.5. The van der Waals surface area contributed by atoms with Gasteiger partial charge in [0.2, 0.25) is 11.8 Å². The van der Waals surface area contributed by atoms with E-state index in [1.807, 2.05) is 52.3 Å². The number of carbonyl (C=O) groups excluding carboxylic acids is 3. The van der Waals surface area contributed by atoms with E-state index in [1.54, 1.807) is 0 Å². The monoisotopic (exact) mass is 407 g/mol. The van der Waals surface area contributed by atoms with Crippen LogP contribution in [0.15, 0.2) is 55.1 Å². The van der Waals surface area contributed by atoms with E-state index in [-0.39, 0.29) is 17.7 Å². The number of carbonyl (C=O) groups is 3. The summed E-state index contributed by atoms with van der Waals surface area (Å²) in [6.07, 6.45) is 4.31. The smallest absolute Gasteiger partial charge is 0.254 e. The molecule has 0 unspecified atom stereocenters. The van der Waals surface area contributed by atoms with Crippen molar-refractivity contribution in [3.8, 4) is 0 Å². The number of nitrogens with zero attached hydrogens (tertiary/aromatic N) is 2. The van der Waals surface area contributed by atoms with Gasteiger partial charge in [-0.15, -0.1) is 0 Å². The Labute approximate surface area is 177 Å². The van der Waals surface area contributed by atoms with Gasteiger partial charge in [0.1, 0.15) is 0 Å². The Morgan fingerprint density at radius 3 is 2.37 bits per heavy atom. The average molecular weight is 408 g/mol. The molecular formula is C24H29N3O3. The summed E-state index contributed by atoms with van der Waals surface area (Å²) in [6, 6.07) is 13.7. The molecule has 0 bridgehead atoms. The zero-order valence-electron chi connectivity index (χ0n) is 17.3. The van der Waals surface area contributed by atoms with Crippen molar-refractivity contribution in [2.24, 2.45) is 0 Å². The van der Waals surface area contributed by atoms with Crippen LogP contribution in [0.2, 0.25) is 0 Å². The molecule has 3 amide bonds. The van der Waals surface area contributed by atoms with Gasteiger partial charge in [0, 0.05) is 44.7 Å². The van der Waals surface area contributed by atoms with Gasteiger partial charge in [0.25, 0.3) is 5.91 Å². The zero-order chi connectivity index (χ0) is 21.3. The van der Waals surface area contributed by atoms with Crippen LogP contribution in [0, 0.1) is 0 Å². The lowest BCUT2D eigenvalue weighted by atomic mass is 10.0. The van der Waals surface area contributed by atoms with E-state index >= 15 is 0 Å². The van der Waals surface area contributed by atoms with Gasteiger partial charge >= 0.3 is 0 Å². The van der Waals surface area contributed by atoms with Gasteiger partial charge in [-0.1, -0.05) is 49.4 Å². The number of fused-ring (bicyclic) bond motifs is 1. The molecule has 2 aromatic carbocycles. The highest BCUT2D eigenvalue weighted by Gasteiger charge is 2.25. The van der Waals surface area contributed by atoms with Crippen molar-refractivity contribution in [2.75, 3.05) is 32.7 Å². The molecule has 30 heavy (non-hydrogen) atoms. The molecule has 158 valence electrons. The molecule has 2 aromatic rings. The van der Waals surface area contributed by atoms with Crippen molar-refractivity contribution < 1.29 is 14.4 Å². The van der Waals surface area contributed by atoms with Crippen LogP contribution in [0.5, 0.6) is 0 Å². The van der Waals surface area contributed by atoms with Gasteiger partial charge in [-0.05, 0) is 35.8 Å². The summed E-state index contributed by atoms with van der Waals surface area (Å²) < 4.78 is 0. The van der Waals surface area contributed by atoms with Crippen molar-refractivity contribution in [3.63, 3.8) is 0 Å². The highest BCUT2D eigenvalue weighted by molar-refractivity contribution is 6.07. The molecule has 6 heteroatoms. The molecular weight excluding hydrogens is 378 g/mol. The lowest BCUT2D eigenvalue weighted by molar-refractivity contribution is -0.132. The summed E-state index contributed by atoms with van der Waals surface area (Å²) >= 11 is 0. The third kappa shape index (κ3) is 5.47. The van der Waals surface area contributed by atoms with Crippen LogP contribution in [0.4, 0.5) is 0 Å². The third-order valence-corrected chi connectivity index (χ3v) is 5.49. The Morgan fingerprint density at radius 2 is 1.60 bits per heavy atom. The molecule has 0 aromatic heterocycles. The molecule has 0 radical (unpaired) electrons. The van der Waals surface area contributed by atoms with Crippen LogP contribution in [0.1, 0.15) is 36.0 Å². The summed E-state index contributed by atoms with van der Waals surface area (Å²) in [5, 5.41) is 4.76. The number of rotatable bonds is 8. The Kier molecular flexibility index (Phi) is 7.60.